The van der Waals surface area contributed by atoms with E-state index in [0.29, 0.717) is 10.8 Å². The first kappa shape index (κ1) is 12.1. The smallest absolute Gasteiger partial charge is 0.126 e. The second kappa shape index (κ2) is 5.79. The van der Waals surface area contributed by atoms with Gasteiger partial charge in [-0.05, 0) is 19.1 Å². The fourth-order valence-corrected chi connectivity index (χ4v) is 1.43. The van der Waals surface area contributed by atoms with Crippen molar-refractivity contribution < 1.29 is 9.84 Å². The van der Waals surface area contributed by atoms with E-state index in [9.17, 15) is 0 Å². The van der Waals surface area contributed by atoms with Crippen LogP contribution in [-0.4, -0.2) is 11.2 Å². The van der Waals surface area contributed by atoms with Gasteiger partial charge in [-0.15, -0.1) is 6.58 Å². The van der Waals surface area contributed by atoms with Crippen LogP contribution in [0.25, 0.3) is 0 Å². The van der Waals surface area contributed by atoms with Crippen molar-refractivity contribution in [3.8, 4) is 5.75 Å². The molecule has 0 saturated carbocycles. The maximum absolute atomic E-state index is 9.11. The highest BCUT2D eigenvalue weighted by atomic mass is 35.5. The summed E-state index contributed by atoms with van der Waals surface area (Å²) in [4.78, 5) is 0. The minimum atomic E-state index is -0.0483. The summed E-state index contributed by atoms with van der Waals surface area (Å²) in [7, 11) is 0. The zero-order valence-corrected chi connectivity index (χ0v) is 9.50. The molecule has 0 heterocycles. The predicted octanol–water partition coefficient (Wildman–Crippen LogP) is 3.18. The monoisotopic (exact) mass is 226 g/mol. The van der Waals surface area contributed by atoms with Gasteiger partial charge < -0.3 is 9.84 Å². The average Bonchev–Trinajstić information content (AvgIpc) is 2.18. The molecular weight excluding hydrogens is 212 g/mol. The lowest BCUT2D eigenvalue weighted by Gasteiger charge is -2.15. The van der Waals surface area contributed by atoms with E-state index in [1.54, 1.807) is 24.3 Å². The summed E-state index contributed by atoms with van der Waals surface area (Å²) in [5.41, 5.74) is 0.746. The molecule has 2 nitrogen and oxygen atoms in total. The van der Waals surface area contributed by atoms with E-state index < -0.39 is 0 Å². The first-order valence-electron chi connectivity index (χ1n) is 4.84. The van der Waals surface area contributed by atoms with Crippen LogP contribution in [0.5, 0.6) is 5.75 Å². The van der Waals surface area contributed by atoms with E-state index >= 15 is 0 Å². The first-order chi connectivity index (χ1) is 7.17. The number of ether oxygens (including phenoxy) is 1. The van der Waals surface area contributed by atoms with E-state index in [2.05, 4.69) is 6.58 Å². The molecule has 0 bridgehead atoms. The highest BCUT2D eigenvalue weighted by Crippen LogP contribution is 2.24. The van der Waals surface area contributed by atoms with Crippen LogP contribution in [0.15, 0.2) is 30.9 Å². The molecule has 0 aliphatic heterocycles. The highest BCUT2D eigenvalue weighted by molar-refractivity contribution is 6.30. The van der Waals surface area contributed by atoms with Gasteiger partial charge in [0.1, 0.15) is 5.75 Å². The third-order valence-corrected chi connectivity index (χ3v) is 2.26. The molecule has 1 N–H and O–H groups in total. The van der Waals surface area contributed by atoms with Crippen molar-refractivity contribution in [1.82, 2.24) is 0 Å². The van der Waals surface area contributed by atoms with Gasteiger partial charge in [0, 0.05) is 17.0 Å². The molecule has 0 aliphatic carbocycles. The normalized spacial score (nSPS) is 12.2. The molecule has 15 heavy (non-hydrogen) atoms. The molecule has 0 saturated heterocycles. The Morgan fingerprint density at radius 2 is 2.33 bits per heavy atom. The van der Waals surface area contributed by atoms with E-state index in [4.69, 9.17) is 21.4 Å². The zero-order chi connectivity index (χ0) is 11.3. The van der Waals surface area contributed by atoms with E-state index in [-0.39, 0.29) is 12.7 Å². The molecule has 1 aromatic rings. The Labute approximate surface area is 95.1 Å². The van der Waals surface area contributed by atoms with Crippen LogP contribution in [0.4, 0.5) is 0 Å². The zero-order valence-electron chi connectivity index (χ0n) is 8.74. The second-order valence-electron chi connectivity index (χ2n) is 3.36. The summed E-state index contributed by atoms with van der Waals surface area (Å²) >= 11 is 5.85. The van der Waals surface area contributed by atoms with Gasteiger partial charge in [0.15, 0.2) is 0 Å². The summed E-state index contributed by atoms with van der Waals surface area (Å²) in [5, 5.41) is 9.71. The van der Waals surface area contributed by atoms with E-state index in [0.717, 1.165) is 12.0 Å². The standard InChI is InChI=1S/C12H15ClO2/c1-3-4-9(2)15-12-7-11(13)6-5-10(12)8-14/h3,5-7,9,14H,1,4,8H2,2H3/t9-/m0/s1. The van der Waals surface area contributed by atoms with Gasteiger partial charge in [0.2, 0.25) is 0 Å². The summed E-state index contributed by atoms with van der Waals surface area (Å²) in [6.45, 7) is 5.55. The van der Waals surface area contributed by atoms with Crippen LogP contribution in [-0.2, 0) is 6.61 Å². The van der Waals surface area contributed by atoms with Crippen molar-refractivity contribution in [2.45, 2.75) is 26.1 Å². The van der Waals surface area contributed by atoms with Crippen molar-refractivity contribution in [2.24, 2.45) is 0 Å². The Hall–Kier alpha value is -0.990. The van der Waals surface area contributed by atoms with Crippen molar-refractivity contribution in [1.29, 1.82) is 0 Å². The molecule has 1 rings (SSSR count). The fourth-order valence-electron chi connectivity index (χ4n) is 1.27. The molecule has 0 aliphatic rings. The fraction of sp³-hybridized carbons (Fsp3) is 0.333. The number of aliphatic hydroxyl groups is 1. The molecular formula is C12H15ClO2. The number of benzene rings is 1. The number of hydrogen-bond donors (Lipinski definition) is 1. The maximum Gasteiger partial charge on any atom is 0.126 e. The van der Waals surface area contributed by atoms with E-state index in [1.807, 2.05) is 6.92 Å². The summed E-state index contributed by atoms with van der Waals surface area (Å²) in [5.74, 6) is 0.638. The van der Waals surface area contributed by atoms with Gasteiger partial charge in [-0.1, -0.05) is 23.7 Å². The van der Waals surface area contributed by atoms with Gasteiger partial charge in [-0.3, -0.25) is 0 Å². The molecule has 82 valence electrons. The lowest BCUT2D eigenvalue weighted by atomic mass is 10.2. The van der Waals surface area contributed by atoms with Gasteiger partial charge in [0.25, 0.3) is 0 Å². The van der Waals surface area contributed by atoms with Crippen LogP contribution < -0.4 is 4.74 Å². The van der Waals surface area contributed by atoms with Crippen LogP contribution >= 0.6 is 11.6 Å². The van der Waals surface area contributed by atoms with Crippen LogP contribution in [0.1, 0.15) is 18.9 Å². The molecule has 0 spiro atoms. The molecule has 0 fully saturated rings. The van der Waals surface area contributed by atoms with Crippen molar-refractivity contribution in [3.63, 3.8) is 0 Å². The summed E-state index contributed by atoms with van der Waals surface area (Å²) in [6.07, 6.45) is 2.59. The average molecular weight is 227 g/mol. The summed E-state index contributed by atoms with van der Waals surface area (Å²) < 4.78 is 5.64. The molecule has 0 radical (unpaired) electrons. The van der Waals surface area contributed by atoms with Crippen molar-refractivity contribution >= 4 is 11.6 Å². The third-order valence-electron chi connectivity index (χ3n) is 2.03. The lowest BCUT2D eigenvalue weighted by molar-refractivity contribution is 0.212. The Morgan fingerprint density at radius 3 is 2.93 bits per heavy atom. The van der Waals surface area contributed by atoms with Crippen LogP contribution in [0.2, 0.25) is 5.02 Å². The van der Waals surface area contributed by atoms with Crippen LogP contribution in [0.3, 0.4) is 0 Å². The number of rotatable bonds is 5. The minimum Gasteiger partial charge on any atom is -0.490 e. The SMILES string of the molecule is C=CC[C@H](C)Oc1cc(Cl)ccc1CO. The predicted molar refractivity (Wildman–Crippen MR) is 62.3 cm³/mol. The quantitative estimate of drug-likeness (QED) is 0.782. The molecule has 0 amide bonds. The third kappa shape index (κ3) is 3.57. The molecule has 3 heteroatoms. The number of halogens is 1. The largest absolute Gasteiger partial charge is 0.490 e. The van der Waals surface area contributed by atoms with Gasteiger partial charge in [-0.2, -0.15) is 0 Å². The molecule has 1 aromatic carbocycles. The molecule has 1 atom stereocenters. The minimum absolute atomic E-state index is 0.0336. The van der Waals surface area contributed by atoms with Gasteiger partial charge in [-0.25, -0.2) is 0 Å². The second-order valence-corrected chi connectivity index (χ2v) is 3.80. The van der Waals surface area contributed by atoms with Crippen molar-refractivity contribution in [3.05, 3.63) is 41.4 Å². The summed E-state index contributed by atoms with van der Waals surface area (Å²) in [6, 6.07) is 5.21. The molecule has 0 unspecified atom stereocenters. The highest BCUT2D eigenvalue weighted by Gasteiger charge is 2.07. The number of aliphatic hydroxyl groups excluding tert-OH is 1. The van der Waals surface area contributed by atoms with Crippen LogP contribution in [0, 0.1) is 0 Å². The number of hydrogen-bond acceptors (Lipinski definition) is 2. The lowest BCUT2D eigenvalue weighted by Crippen LogP contribution is -2.11. The van der Waals surface area contributed by atoms with Gasteiger partial charge in [0.05, 0.1) is 12.7 Å². The maximum atomic E-state index is 9.11. The van der Waals surface area contributed by atoms with Gasteiger partial charge >= 0.3 is 0 Å². The first-order valence-corrected chi connectivity index (χ1v) is 5.22. The Balaban J connectivity index is 2.81. The molecule has 0 aromatic heterocycles. The Bertz CT molecular complexity index is 336. The Morgan fingerprint density at radius 1 is 1.60 bits per heavy atom. The Kier molecular flexibility index (Phi) is 4.66. The van der Waals surface area contributed by atoms with E-state index in [1.165, 1.54) is 0 Å². The topological polar surface area (TPSA) is 29.5 Å². The van der Waals surface area contributed by atoms with Crippen molar-refractivity contribution in [2.75, 3.05) is 0 Å².